The fraction of sp³-hybridized carbons (Fsp3) is 0.312. The molecular weight excluding hydrogens is 360 g/mol. The van der Waals surface area contributed by atoms with Gasteiger partial charge in [-0.2, -0.15) is 5.10 Å². The Hall–Kier alpha value is -2.15. The highest BCUT2D eigenvalue weighted by atomic mass is 79.9. The largest absolute Gasteiger partial charge is 0.347 e. The first-order valence-corrected chi connectivity index (χ1v) is 7.93. The highest BCUT2D eigenvalue weighted by Crippen LogP contribution is 2.17. The molecule has 0 saturated carbocycles. The lowest BCUT2D eigenvalue weighted by atomic mass is 10.2. The van der Waals surface area contributed by atoms with Crippen LogP contribution in [0.25, 0.3) is 5.69 Å². The molecule has 6 nitrogen and oxygen atoms in total. The van der Waals surface area contributed by atoms with Crippen molar-refractivity contribution >= 4 is 27.7 Å². The van der Waals surface area contributed by atoms with E-state index in [1.54, 1.807) is 25.7 Å². The molecule has 1 aromatic heterocycles. The molecule has 0 saturated heterocycles. The first-order valence-electron chi connectivity index (χ1n) is 7.14. The van der Waals surface area contributed by atoms with Crippen molar-refractivity contribution in [3.05, 3.63) is 46.2 Å². The van der Waals surface area contributed by atoms with Gasteiger partial charge < -0.3 is 10.2 Å². The number of benzene rings is 1. The van der Waals surface area contributed by atoms with E-state index in [2.05, 4.69) is 26.3 Å². The van der Waals surface area contributed by atoms with Gasteiger partial charge in [0.15, 0.2) is 0 Å². The molecule has 1 heterocycles. The van der Waals surface area contributed by atoms with Gasteiger partial charge in [0.2, 0.25) is 5.91 Å². The van der Waals surface area contributed by atoms with E-state index in [9.17, 15) is 9.59 Å². The summed E-state index contributed by atoms with van der Waals surface area (Å²) in [4.78, 5) is 25.6. The monoisotopic (exact) mass is 378 g/mol. The fourth-order valence-electron chi connectivity index (χ4n) is 2.20. The summed E-state index contributed by atoms with van der Waals surface area (Å²) in [6.07, 6.45) is 1.51. The number of carbonyl (C=O) groups excluding carboxylic acids is 2. The molecule has 7 heteroatoms. The zero-order valence-corrected chi connectivity index (χ0v) is 15.1. The molecule has 23 heavy (non-hydrogen) atoms. The Morgan fingerprint density at radius 1 is 1.26 bits per heavy atom. The lowest BCUT2D eigenvalue weighted by Gasteiger charge is -2.17. The summed E-state index contributed by atoms with van der Waals surface area (Å²) < 4.78 is 2.67. The van der Waals surface area contributed by atoms with E-state index in [0.717, 1.165) is 10.2 Å². The van der Waals surface area contributed by atoms with Crippen molar-refractivity contribution in [2.75, 3.05) is 14.1 Å². The second-order valence-electron chi connectivity index (χ2n) is 5.46. The number of carbonyl (C=O) groups is 2. The molecule has 0 aliphatic rings. The molecule has 0 unspecified atom stereocenters. The van der Waals surface area contributed by atoms with Crippen LogP contribution in [0.5, 0.6) is 0 Å². The number of aromatic nitrogens is 2. The smallest absolute Gasteiger partial charge is 0.255 e. The summed E-state index contributed by atoms with van der Waals surface area (Å²) in [5.41, 5.74) is 2.03. The van der Waals surface area contributed by atoms with Crippen LogP contribution in [0.2, 0.25) is 0 Å². The van der Waals surface area contributed by atoms with Gasteiger partial charge in [0.25, 0.3) is 5.91 Å². The molecule has 1 atom stereocenters. The average molecular weight is 379 g/mol. The van der Waals surface area contributed by atoms with E-state index < -0.39 is 6.04 Å². The maximum absolute atomic E-state index is 12.4. The third-order valence-corrected chi connectivity index (χ3v) is 4.01. The lowest BCUT2D eigenvalue weighted by molar-refractivity contribution is -0.130. The van der Waals surface area contributed by atoms with E-state index in [-0.39, 0.29) is 11.8 Å². The van der Waals surface area contributed by atoms with Crippen LogP contribution in [0.3, 0.4) is 0 Å². The van der Waals surface area contributed by atoms with E-state index in [1.165, 1.54) is 11.1 Å². The van der Waals surface area contributed by atoms with Crippen molar-refractivity contribution < 1.29 is 9.59 Å². The van der Waals surface area contributed by atoms with Crippen LogP contribution >= 0.6 is 15.9 Å². The van der Waals surface area contributed by atoms with Crippen LogP contribution in [-0.2, 0) is 4.79 Å². The zero-order chi connectivity index (χ0) is 17.1. The van der Waals surface area contributed by atoms with Gasteiger partial charge in [-0.3, -0.25) is 9.59 Å². The molecule has 2 rings (SSSR count). The highest BCUT2D eigenvalue weighted by Gasteiger charge is 2.21. The Morgan fingerprint density at radius 3 is 2.43 bits per heavy atom. The molecule has 0 spiro atoms. The maximum Gasteiger partial charge on any atom is 0.255 e. The Kier molecular flexibility index (Phi) is 5.20. The molecule has 0 fully saturated rings. The molecule has 0 aliphatic carbocycles. The van der Waals surface area contributed by atoms with Crippen LogP contribution in [-0.4, -0.2) is 46.6 Å². The molecule has 0 aliphatic heterocycles. The Morgan fingerprint density at radius 2 is 1.87 bits per heavy atom. The summed E-state index contributed by atoms with van der Waals surface area (Å²) >= 11 is 3.39. The molecule has 2 amide bonds. The number of rotatable bonds is 4. The Balaban J connectivity index is 2.20. The van der Waals surface area contributed by atoms with Crippen molar-refractivity contribution in [1.29, 1.82) is 0 Å². The second-order valence-corrected chi connectivity index (χ2v) is 6.38. The highest BCUT2D eigenvalue weighted by molar-refractivity contribution is 9.10. The lowest BCUT2D eigenvalue weighted by Crippen LogP contribution is -2.44. The summed E-state index contributed by atoms with van der Waals surface area (Å²) in [5, 5.41) is 6.97. The number of likely N-dealkylation sites (N-methyl/N-ethyl adjacent to an activating group) is 1. The molecular formula is C16H19BrN4O2. The van der Waals surface area contributed by atoms with Crippen molar-refractivity contribution in [2.24, 2.45) is 0 Å². The Labute approximate surface area is 143 Å². The van der Waals surface area contributed by atoms with Crippen LogP contribution in [0.4, 0.5) is 0 Å². The van der Waals surface area contributed by atoms with Gasteiger partial charge in [0.1, 0.15) is 6.04 Å². The normalized spacial score (nSPS) is 11.9. The quantitative estimate of drug-likeness (QED) is 0.885. The minimum Gasteiger partial charge on any atom is -0.347 e. The van der Waals surface area contributed by atoms with Crippen molar-refractivity contribution in [3.63, 3.8) is 0 Å². The minimum atomic E-state index is -0.590. The third kappa shape index (κ3) is 3.79. The third-order valence-electron chi connectivity index (χ3n) is 3.48. The minimum absolute atomic E-state index is 0.156. The molecule has 2 aromatic rings. The van der Waals surface area contributed by atoms with Crippen molar-refractivity contribution in [1.82, 2.24) is 20.0 Å². The predicted molar refractivity (Wildman–Crippen MR) is 91.6 cm³/mol. The van der Waals surface area contributed by atoms with Crippen molar-refractivity contribution in [3.8, 4) is 5.69 Å². The fourth-order valence-corrected chi connectivity index (χ4v) is 2.46. The number of nitrogens with zero attached hydrogens (tertiary/aromatic N) is 3. The van der Waals surface area contributed by atoms with E-state index in [1.807, 2.05) is 31.2 Å². The number of hydrogen-bond donors (Lipinski definition) is 1. The van der Waals surface area contributed by atoms with Gasteiger partial charge in [-0.05, 0) is 38.1 Å². The molecule has 1 N–H and O–H groups in total. The molecule has 0 radical (unpaired) electrons. The standard InChI is InChI=1S/C16H19BrN4O2/c1-10(16(23)20(3)4)19-15(22)14-9-18-21(11(14)2)13-7-5-12(17)6-8-13/h5-10H,1-4H3,(H,19,22)/t10-/m1/s1. The van der Waals surface area contributed by atoms with E-state index in [0.29, 0.717) is 11.3 Å². The zero-order valence-electron chi connectivity index (χ0n) is 13.5. The first-order chi connectivity index (χ1) is 10.8. The van der Waals surface area contributed by atoms with Crippen LogP contribution < -0.4 is 5.32 Å². The number of halogens is 1. The Bertz CT molecular complexity index is 722. The van der Waals surface area contributed by atoms with Gasteiger partial charge >= 0.3 is 0 Å². The van der Waals surface area contributed by atoms with E-state index >= 15 is 0 Å². The summed E-state index contributed by atoms with van der Waals surface area (Å²) in [6.45, 7) is 3.48. The summed E-state index contributed by atoms with van der Waals surface area (Å²) in [7, 11) is 3.31. The molecule has 122 valence electrons. The second kappa shape index (κ2) is 6.95. The molecule has 1 aromatic carbocycles. The van der Waals surface area contributed by atoms with Crippen LogP contribution in [0.1, 0.15) is 23.0 Å². The van der Waals surface area contributed by atoms with Gasteiger partial charge in [0.05, 0.1) is 23.1 Å². The number of hydrogen-bond acceptors (Lipinski definition) is 3. The SMILES string of the molecule is Cc1c(C(=O)N[C@H](C)C(=O)N(C)C)cnn1-c1ccc(Br)cc1. The first kappa shape index (κ1) is 17.2. The topological polar surface area (TPSA) is 67.2 Å². The summed E-state index contributed by atoms with van der Waals surface area (Å²) in [6, 6.07) is 7.05. The summed E-state index contributed by atoms with van der Waals surface area (Å²) in [5.74, 6) is -0.468. The van der Waals surface area contributed by atoms with E-state index in [4.69, 9.17) is 0 Å². The maximum atomic E-state index is 12.4. The van der Waals surface area contributed by atoms with Gasteiger partial charge in [0, 0.05) is 18.6 Å². The van der Waals surface area contributed by atoms with Gasteiger partial charge in [-0.25, -0.2) is 4.68 Å². The van der Waals surface area contributed by atoms with Crippen molar-refractivity contribution in [2.45, 2.75) is 19.9 Å². The average Bonchev–Trinajstić information content (AvgIpc) is 2.88. The molecule has 0 bridgehead atoms. The number of nitrogens with one attached hydrogen (secondary N) is 1. The predicted octanol–water partition coefficient (Wildman–Crippen LogP) is 2.15. The van der Waals surface area contributed by atoms with Crippen LogP contribution in [0, 0.1) is 6.92 Å². The van der Waals surface area contributed by atoms with Crippen LogP contribution in [0.15, 0.2) is 34.9 Å². The van der Waals surface area contributed by atoms with Gasteiger partial charge in [-0.15, -0.1) is 0 Å². The van der Waals surface area contributed by atoms with Gasteiger partial charge in [-0.1, -0.05) is 15.9 Å². The number of amides is 2.